The number of hydrogen-bond acceptors (Lipinski definition) is 3. The molecule has 0 amide bonds. The van der Waals surface area contributed by atoms with Crippen LogP contribution in [0.2, 0.25) is 18.1 Å². The molecule has 43 heavy (non-hydrogen) atoms. The molecule has 0 radical (unpaired) electrons. The fourth-order valence-electron chi connectivity index (χ4n) is 8.11. The van der Waals surface area contributed by atoms with Gasteiger partial charge in [0, 0.05) is 16.8 Å². The number of nitrogens with zero attached hydrogens (tertiary/aromatic N) is 1. The lowest BCUT2D eigenvalue weighted by Crippen LogP contribution is -2.44. The summed E-state index contributed by atoms with van der Waals surface area (Å²) in [7, 11) is -2.12. The van der Waals surface area contributed by atoms with Crippen LogP contribution < -0.4 is 0 Å². The Morgan fingerprint density at radius 1 is 0.884 bits per heavy atom. The highest BCUT2D eigenvalue weighted by Gasteiger charge is 2.52. The van der Waals surface area contributed by atoms with Gasteiger partial charge < -0.3 is 9.16 Å². The van der Waals surface area contributed by atoms with Crippen LogP contribution in [0.4, 0.5) is 13.2 Å². The number of hydrogen-bond donors (Lipinski definition) is 0. The molecule has 236 valence electrons. The summed E-state index contributed by atoms with van der Waals surface area (Å²) in [5, 5.41) is 0.0739. The lowest BCUT2D eigenvalue weighted by atomic mass is 9.70. The summed E-state index contributed by atoms with van der Waals surface area (Å²) in [5.74, 6) is 0.400. The van der Waals surface area contributed by atoms with Crippen molar-refractivity contribution in [2.24, 2.45) is 5.41 Å². The first kappa shape index (κ1) is 31.3. The van der Waals surface area contributed by atoms with E-state index in [9.17, 15) is 13.2 Å². The summed E-state index contributed by atoms with van der Waals surface area (Å²) in [6.07, 6.45) is 6.89. The van der Waals surface area contributed by atoms with Crippen LogP contribution in [0.25, 0.3) is 0 Å². The monoisotopic (exact) mass is 613 g/mol. The molecule has 0 bridgehead atoms. The largest absolute Gasteiger partial charge is 0.416 e. The second-order valence-electron chi connectivity index (χ2n) is 16.2. The van der Waals surface area contributed by atoms with Gasteiger partial charge in [0.05, 0.1) is 17.4 Å². The molecule has 3 nitrogen and oxygen atoms in total. The molecule has 3 aliphatic carbocycles. The van der Waals surface area contributed by atoms with Gasteiger partial charge in [-0.1, -0.05) is 78.9 Å². The Hall–Kier alpha value is -1.70. The molecule has 7 heteroatoms. The van der Waals surface area contributed by atoms with Gasteiger partial charge in [0.15, 0.2) is 8.32 Å². The van der Waals surface area contributed by atoms with E-state index in [0.29, 0.717) is 5.92 Å². The maximum absolute atomic E-state index is 13.6. The van der Waals surface area contributed by atoms with E-state index in [1.54, 1.807) is 12.1 Å². The predicted molar refractivity (Wildman–Crippen MR) is 168 cm³/mol. The Bertz CT molecular complexity index is 1350. The van der Waals surface area contributed by atoms with E-state index in [1.165, 1.54) is 48.2 Å². The molecule has 1 spiro atoms. The molecule has 1 unspecified atom stereocenters. The number of benzene rings is 1. The topological polar surface area (TPSA) is 31.4 Å². The second-order valence-corrected chi connectivity index (χ2v) is 21.0. The first-order valence-electron chi connectivity index (χ1n) is 16.6. The normalized spacial score (nSPS) is 25.6. The van der Waals surface area contributed by atoms with Gasteiger partial charge in [0.1, 0.15) is 11.7 Å². The Labute approximate surface area is 257 Å². The third kappa shape index (κ3) is 5.65. The van der Waals surface area contributed by atoms with E-state index in [0.717, 1.165) is 68.2 Å². The zero-order valence-corrected chi connectivity index (χ0v) is 28.2. The first-order chi connectivity index (χ1) is 20.0. The van der Waals surface area contributed by atoms with Crippen molar-refractivity contribution >= 4 is 8.32 Å². The lowest BCUT2D eigenvalue weighted by Gasteiger charge is -2.45. The number of halogens is 3. The molecule has 2 atom stereocenters. The molecule has 6 rings (SSSR count). The van der Waals surface area contributed by atoms with Crippen LogP contribution in [0.15, 0.2) is 24.3 Å². The van der Waals surface area contributed by atoms with Gasteiger partial charge >= 0.3 is 6.18 Å². The molecule has 1 aliphatic heterocycles. The third-order valence-electron chi connectivity index (χ3n) is 11.3. The van der Waals surface area contributed by atoms with Gasteiger partial charge in [-0.15, -0.1) is 0 Å². The smallest absolute Gasteiger partial charge is 0.410 e. The Balaban J connectivity index is 1.59. The van der Waals surface area contributed by atoms with Gasteiger partial charge in [0.25, 0.3) is 0 Å². The minimum Gasteiger partial charge on any atom is -0.410 e. The van der Waals surface area contributed by atoms with Gasteiger partial charge in [0.2, 0.25) is 0 Å². The average Bonchev–Trinajstić information content (AvgIpc) is 3.54. The molecule has 2 saturated carbocycles. The highest BCUT2D eigenvalue weighted by molar-refractivity contribution is 6.74. The maximum Gasteiger partial charge on any atom is 0.416 e. The van der Waals surface area contributed by atoms with E-state index in [4.69, 9.17) is 14.1 Å². The summed E-state index contributed by atoms with van der Waals surface area (Å²) in [5.41, 5.74) is 5.87. The summed E-state index contributed by atoms with van der Waals surface area (Å²) < 4.78 is 55.1. The minimum absolute atomic E-state index is 0.0378. The van der Waals surface area contributed by atoms with Gasteiger partial charge in [-0.05, 0) is 91.2 Å². The number of rotatable bonds is 4. The van der Waals surface area contributed by atoms with E-state index < -0.39 is 31.8 Å². The molecule has 0 N–H and O–H groups in total. The van der Waals surface area contributed by atoms with Crippen molar-refractivity contribution in [2.45, 2.75) is 153 Å². The SMILES string of the molecule is CC1(C)Cc2nc3c(c(C4CCCC4)c2[C@@H](O[Si](C)(C)C(C)(C)C)C1)C(c1ccc(C(F)(F)F)cc1)OC31CCCCC1. The van der Waals surface area contributed by atoms with E-state index >= 15 is 0 Å². The number of ether oxygens (including phenoxy) is 1. The molecule has 0 saturated heterocycles. The highest BCUT2D eigenvalue weighted by Crippen LogP contribution is 2.59. The van der Waals surface area contributed by atoms with Crippen molar-refractivity contribution < 1.29 is 22.3 Å². The van der Waals surface area contributed by atoms with Crippen LogP contribution in [-0.2, 0) is 27.4 Å². The summed E-state index contributed by atoms with van der Waals surface area (Å²) in [6.45, 7) is 16.3. The van der Waals surface area contributed by atoms with Crippen LogP contribution in [-0.4, -0.2) is 13.3 Å². The molecule has 4 aliphatic rings. The number of fused-ring (bicyclic) bond motifs is 3. The van der Waals surface area contributed by atoms with Crippen molar-refractivity contribution in [2.75, 3.05) is 0 Å². The molecular weight excluding hydrogens is 563 g/mol. The Kier molecular flexibility index (Phi) is 7.78. The maximum atomic E-state index is 13.6. The van der Waals surface area contributed by atoms with E-state index in [-0.39, 0.29) is 16.6 Å². The first-order valence-corrected chi connectivity index (χ1v) is 19.5. The van der Waals surface area contributed by atoms with E-state index in [1.807, 2.05) is 0 Å². The second kappa shape index (κ2) is 10.7. The van der Waals surface area contributed by atoms with Crippen molar-refractivity contribution in [3.63, 3.8) is 0 Å². The Morgan fingerprint density at radius 2 is 1.51 bits per heavy atom. The van der Waals surface area contributed by atoms with Crippen molar-refractivity contribution in [3.05, 3.63) is 63.5 Å². The molecular formula is C36H50F3NO2Si. The molecule has 2 aromatic rings. The minimum atomic E-state index is -4.37. The van der Waals surface area contributed by atoms with Gasteiger partial charge in [-0.25, -0.2) is 0 Å². The van der Waals surface area contributed by atoms with Crippen molar-refractivity contribution in [3.8, 4) is 0 Å². The molecule has 2 heterocycles. The van der Waals surface area contributed by atoms with E-state index in [2.05, 4.69) is 47.7 Å². The fourth-order valence-corrected chi connectivity index (χ4v) is 9.37. The lowest BCUT2D eigenvalue weighted by molar-refractivity contribution is -0.137. The van der Waals surface area contributed by atoms with Crippen LogP contribution in [0, 0.1) is 5.41 Å². The van der Waals surface area contributed by atoms with Crippen LogP contribution in [0.5, 0.6) is 0 Å². The van der Waals surface area contributed by atoms with Crippen molar-refractivity contribution in [1.29, 1.82) is 0 Å². The van der Waals surface area contributed by atoms with Gasteiger partial charge in [-0.2, -0.15) is 13.2 Å². The molecule has 1 aromatic carbocycles. The quantitative estimate of drug-likeness (QED) is 0.322. The van der Waals surface area contributed by atoms with Crippen LogP contribution >= 0.6 is 0 Å². The molecule has 1 aromatic heterocycles. The third-order valence-corrected chi connectivity index (χ3v) is 15.8. The average molecular weight is 614 g/mol. The predicted octanol–water partition coefficient (Wildman–Crippen LogP) is 11.1. The van der Waals surface area contributed by atoms with Crippen molar-refractivity contribution in [1.82, 2.24) is 4.98 Å². The summed E-state index contributed by atoms with van der Waals surface area (Å²) in [6, 6.07) is 5.72. The zero-order chi connectivity index (χ0) is 31.0. The zero-order valence-electron chi connectivity index (χ0n) is 27.2. The number of pyridine rings is 1. The fraction of sp³-hybridized carbons (Fsp3) is 0.694. The standard InChI is InChI=1S/C36H50F3NO2Si/c1-33(2,3)43(6,7)42-27-22-34(4,5)21-26-29(27)28(23-13-9-10-14-23)30-31(24-15-17-25(18-16-24)36(37,38)39)41-35(32(30)40-26)19-11-8-12-20-35/h15-18,23,27,31H,8-14,19-22H2,1-7H3/t27-,31?/m0/s1. The number of aromatic nitrogens is 1. The molecule has 2 fully saturated rings. The number of alkyl halides is 3. The van der Waals surface area contributed by atoms with Crippen LogP contribution in [0.1, 0.15) is 156 Å². The highest BCUT2D eigenvalue weighted by atomic mass is 28.4. The summed E-state index contributed by atoms with van der Waals surface area (Å²) in [4.78, 5) is 5.60. The van der Waals surface area contributed by atoms with Gasteiger partial charge in [-0.3, -0.25) is 4.98 Å². The Morgan fingerprint density at radius 3 is 2.09 bits per heavy atom. The summed E-state index contributed by atoms with van der Waals surface area (Å²) >= 11 is 0. The van der Waals surface area contributed by atoms with Crippen LogP contribution in [0.3, 0.4) is 0 Å².